The number of aliphatic imine (C=N–C) groups is 1. The molecular formula is C20H26IN3O2. The van der Waals surface area contributed by atoms with Crippen molar-refractivity contribution in [3.05, 3.63) is 65.7 Å². The topological polar surface area (TPSA) is 60.1 Å². The first-order valence-corrected chi connectivity index (χ1v) is 8.69. The van der Waals surface area contributed by atoms with Crippen LogP contribution in [0.5, 0.6) is 5.75 Å². The SMILES string of the molecule is I.NC(=NCCc1ccc(OCc2ccccc2)cc1)N1CCOCC1. The lowest BCUT2D eigenvalue weighted by molar-refractivity contribution is 0.0674. The third kappa shape index (κ3) is 6.49. The predicted octanol–water partition coefficient (Wildman–Crippen LogP) is 3.07. The zero-order valence-corrected chi connectivity index (χ0v) is 17.2. The highest BCUT2D eigenvalue weighted by Gasteiger charge is 2.11. The van der Waals surface area contributed by atoms with Gasteiger partial charge in [-0.1, -0.05) is 42.5 Å². The second kappa shape index (κ2) is 11.0. The molecule has 0 bridgehead atoms. The van der Waals surface area contributed by atoms with Gasteiger partial charge in [0.05, 0.1) is 13.2 Å². The van der Waals surface area contributed by atoms with Crippen molar-refractivity contribution in [1.82, 2.24) is 4.90 Å². The molecule has 1 aliphatic heterocycles. The van der Waals surface area contributed by atoms with Crippen molar-refractivity contribution in [2.45, 2.75) is 13.0 Å². The summed E-state index contributed by atoms with van der Waals surface area (Å²) in [7, 11) is 0. The van der Waals surface area contributed by atoms with E-state index in [0.717, 1.165) is 38.5 Å². The lowest BCUT2D eigenvalue weighted by Crippen LogP contribution is -2.44. The molecule has 0 radical (unpaired) electrons. The monoisotopic (exact) mass is 467 g/mol. The van der Waals surface area contributed by atoms with Gasteiger partial charge in [-0.2, -0.15) is 0 Å². The van der Waals surface area contributed by atoms with Crippen LogP contribution in [0.2, 0.25) is 0 Å². The number of nitrogens with two attached hydrogens (primary N) is 1. The second-order valence-electron chi connectivity index (χ2n) is 6.01. The van der Waals surface area contributed by atoms with Crippen molar-refractivity contribution in [1.29, 1.82) is 0 Å². The van der Waals surface area contributed by atoms with Gasteiger partial charge in [0, 0.05) is 19.6 Å². The van der Waals surface area contributed by atoms with Crippen LogP contribution in [0.3, 0.4) is 0 Å². The molecule has 1 fully saturated rings. The summed E-state index contributed by atoms with van der Waals surface area (Å²) in [6.45, 7) is 4.36. The zero-order chi connectivity index (χ0) is 17.3. The van der Waals surface area contributed by atoms with Crippen LogP contribution >= 0.6 is 24.0 Å². The quantitative estimate of drug-likeness (QED) is 0.403. The van der Waals surface area contributed by atoms with Gasteiger partial charge in [0.1, 0.15) is 12.4 Å². The third-order valence-corrected chi connectivity index (χ3v) is 4.18. The number of guanidine groups is 1. The number of halogens is 1. The molecule has 0 saturated carbocycles. The van der Waals surface area contributed by atoms with E-state index in [1.807, 2.05) is 30.3 Å². The van der Waals surface area contributed by atoms with E-state index in [0.29, 0.717) is 19.1 Å². The van der Waals surface area contributed by atoms with E-state index in [2.05, 4.69) is 34.2 Å². The molecular weight excluding hydrogens is 441 g/mol. The van der Waals surface area contributed by atoms with Crippen molar-refractivity contribution in [3.63, 3.8) is 0 Å². The number of rotatable bonds is 6. The minimum atomic E-state index is 0. The highest BCUT2D eigenvalue weighted by molar-refractivity contribution is 14.0. The van der Waals surface area contributed by atoms with Gasteiger partial charge >= 0.3 is 0 Å². The van der Waals surface area contributed by atoms with Crippen LogP contribution in [0.1, 0.15) is 11.1 Å². The highest BCUT2D eigenvalue weighted by Crippen LogP contribution is 2.14. The molecule has 0 aromatic heterocycles. The Labute approximate surface area is 172 Å². The highest BCUT2D eigenvalue weighted by atomic mass is 127. The minimum Gasteiger partial charge on any atom is -0.489 e. The molecule has 2 aromatic rings. The number of hydrogen-bond acceptors (Lipinski definition) is 3. The van der Waals surface area contributed by atoms with E-state index in [1.54, 1.807) is 0 Å². The summed E-state index contributed by atoms with van der Waals surface area (Å²) in [5.41, 5.74) is 8.43. The molecule has 6 heteroatoms. The predicted molar refractivity (Wildman–Crippen MR) is 115 cm³/mol. The maximum absolute atomic E-state index is 6.03. The average molecular weight is 467 g/mol. The maximum Gasteiger partial charge on any atom is 0.191 e. The molecule has 1 saturated heterocycles. The van der Waals surface area contributed by atoms with Gasteiger partial charge in [0.2, 0.25) is 0 Å². The van der Waals surface area contributed by atoms with Gasteiger partial charge in [-0.25, -0.2) is 0 Å². The van der Waals surface area contributed by atoms with E-state index in [1.165, 1.54) is 11.1 Å². The molecule has 2 N–H and O–H groups in total. The Bertz CT molecular complexity index is 671. The van der Waals surface area contributed by atoms with Crippen molar-refractivity contribution in [2.24, 2.45) is 10.7 Å². The fourth-order valence-electron chi connectivity index (χ4n) is 2.69. The van der Waals surface area contributed by atoms with Crippen molar-refractivity contribution < 1.29 is 9.47 Å². The standard InChI is InChI=1S/C20H25N3O2.HI/c21-20(23-12-14-24-15-13-23)22-11-10-17-6-8-19(9-7-17)25-16-18-4-2-1-3-5-18;/h1-9H,10-16H2,(H2,21,22);1H. The van der Waals surface area contributed by atoms with Crippen LogP contribution in [0, 0.1) is 0 Å². The summed E-state index contributed by atoms with van der Waals surface area (Å²) in [4.78, 5) is 6.55. The van der Waals surface area contributed by atoms with Gasteiger partial charge in [-0.05, 0) is 29.7 Å². The Morgan fingerprint density at radius 2 is 1.69 bits per heavy atom. The largest absolute Gasteiger partial charge is 0.489 e. The molecule has 1 aliphatic rings. The Morgan fingerprint density at radius 1 is 1.00 bits per heavy atom. The van der Waals surface area contributed by atoms with E-state index >= 15 is 0 Å². The summed E-state index contributed by atoms with van der Waals surface area (Å²) in [5, 5.41) is 0. The molecule has 140 valence electrons. The summed E-state index contributed by atoms with van der Waals surface area (Å²) in [6.07, 6.45) is 0.865. The molecule has 0 unspecified atom stereocenters. The Morgan fingerprint density at radius 3 is 2.38 bits per heavy atom. The van der Waals surface area contributed by atoms with Gasteiger partial charge in [-0.15, -0.1) is 24.0 Å². The van der Waals surface area contributed by atoms with Crippen LogP contribution < -0.4 is 10.5 Å². The van der Waals surface area contributed by atoms with Crippen molar-refractivity contribution in [2.75, 3.05) is 32.8 Å². The van der Waals surface area contributed by atoms with Crippen molar-refractivity contribution >= 4 is 29.9 Å². The van der Waals surface area contributed by atoms with Gasteiger partial charge in [-0.3, -0.25) is 4.99 Å². The van der Waals surface area contributed by atoms with E-state index in [9.17, 15) is 0 Å². The lowest BCUT2D eigenvalue weighted by atomic mass is 10.1. The van der Waals surface area contributed by atoms with Gasteiger partial charge in [0.25, 0.3) is 0 Å². The van der Waals surface area contributed by atoms with Crippen molar-refractivity contribution in [3.8, 4) is 5.75 Å². The maximum atomic E-state index is 6.03. The Kier molecular flexibility index (Phi) is 8.70. The first-order chi connectivity index (χ1) is 12.3. The van der Waals surface area contributed by atoms with Crippen LogP contribution in [0.4, 0.5) is 0 Å². The molecule has 5 nitrogen and oxygen atoms in total. The third-order valence-electron chi connectivity index (χ3n) is 4.18. The Balaban J connectivity index is 0.00000243. The van der Waals surface area contributed by atoms with Crippen LogP contribution in [-0.4, -0.2) is 43.7 Å². The van der Waals surface area contributed by atoms with Crippen LogP contribution in [-0.2, 0) is 17.8 Å². The lowest BCUT2D eigenvalue weighted by Gasteiger charge is -2.27. The zero-order valence-electron chi connectivity index (χ0n) is 14.8. The molecule has 3 rings (SSSR count). The number of morpholine rings is 1. The summed E-state index contributed by atoms with van der Waals surface area (Å²) < 4.78 is 11.1. The Hall–Kier alpha value is -1.80. The second-order valence-corrected chi connectivity index (χ2v) is 6.01. The fourth-order valence-corrected chi connectivity index (χ4v) is 2.69. The van der Waals surface area contributed by atoms with Crippen LogP contribution in [0.25, 0.3) is 0 Å². The van der Waals surface area contributed by atoms with Crippen LogP contribution in [0.15, 0.2) is 59.6 Å². The summed E-state index contributed by atoms with van der Waals surface area (Å²) in [5.74, 6) is 1.50. The molecule has 1 heterocycles. The molecule has 26 heavy (non-hydrogen) atoms. The minimum absolute atomic E-state index is 0. The summed E-state index contributed by atoms with van der Waals surface area (Å²) in [6, 6.07) is 18.3. The molecule has 0 atom stereocenters. The summed E-state index contributed by atoms with van der Waals surface area (Å²) >= 11 is 0. The van der Waals surface area contributed by atoms with Gasteiger partial charge in [0.15, 0.2) is 5.96 Å². The number of hydrogen-bond donors (Lipinski definition) is 1. The molecule has 0 amide bonds. The first kappa shape index (κ1) is 20.5. The normalized spacial score (nSPS) is 14.6. The molecule has 0 aliphatic carbocycles. The molecule has 0 spiro atoms. The number of nitrogens with zero attached hydrogens (tertiary/aromatic N) is 2. The van der Waals surface area contributed by atoms with E-state index < -0.39 is 0 Å². The van der Waals surface area contributed by atoms with E-state index in [4.69, 9.17) is 15.2 Å². The van der Waals surface area contributed by atoms with Gasteiger partial charge < -0.3 is 20.1 Å². The first-order valence-electron chi connectivity index (χ1n) is 8.69. The van der Waals surface area contributed by atoms with E-state index in [-0.39, 0.29) is 24.0 Å². The molecule has 2 aromatic carbocycles. The average Bonchev–Trinajstić information content (AvgIpc) is 2.69. The number of benzene rings is 2. The fraction of sp³-hybridized carbons (Fsp3) is 0.350. The number of ether oxygens (including phenoxy) is 2. The smallest absolute Gasteiger partial charge is 0.191 e.